The van der Waals surface area contributed by atoms with Crippen molar-refractivity contribution in [1.82, 2.24) is 15.5 Å². The Morgan fingerprint density at radius 1 is 1.13 bits per heavy atom. The van der Waals surface area contributed by atoms with Gasteiger partial charge in [0, 0.05) is 38.6 Å². The maximum Gasteiger partial charge on any atom is 0.225 e. The summed E-state index contributed by atoms with van der Waals surface area (Å²) in [6, 6.07) is 18.5. The minimum atomic E-state index is 0.0424. The van der Waals surface area contributed by atoms with Gasteiger partial charge in [0.15, 0.2) is 5.96 Å². The number of aliphatic imine (C=N–C) groups is 1. The van der Waals surface area contributed by atoms with Gasteiger partial charge in [0.2, 0.25) is 5.91 Å². The Kier molecular flexibility index (Phi) is 7.71. The molecule has 1 heterocycles. The molecule has 2 aromatic carbocycles. The number of hydrogen-bond donors (Lipinski definition) is 2. The number of hydrogen-bond acceptors (Lipinski definition) is 3. The molecule has 0 saturated carbocycles. The summed E-state index contributed by atoms with van der Waals surface area (Å²) in [5.74, 6) is 1.87. The first-order chi connectivity index (χ1) is 14.5. The summed E-state index contributed by atoms with van der Waals surface area (Å²) >= 11 is 0. The zero-order valence-electron chi connectivity index (χ0n) is 18.1. The average molecular weight is 409 g/mol. The molecule has 1 amide bonds. The molecule has 1 unspecified atom stereocenters. The largest absolute Gasteiger partial charge is 0.489 e. The summed E-state index contributed by atoms with van der Waals surface area (Å²) in [7, 11) is 1.77. The molecule has 3 rings (SSSR count). The molecule has 0 spiro atoms. The van der Waals surface area contributed by atoms with Crippen LogP contribution in [0.1, 0.15) is 31.4 Å². The van der Waals surface area contributed by atoms with Crippen LogP contribution in [0, 0.1) is 5.92 Å². The first-order valence-electron chi connectivity index (χ1n) is 10.6. The normalized spacial score (nSPS) is 16.6. The Hall–Kier alpha value is -3.02. The van der Waals surface area contributed by atoms with Gasteiger partial charge in [0.1, 0.15) is 12.4 Å². The summed E-state index contributed by atoms with van der Waals surface area (Å²) in [6.07, 6.45) is 0.937. The number of amides is 1. The van der Waals surface area contributed by atoms with Crippen LogP contribution in [0.15, 0.2) is 59.6 Å². The van der Waals surface area contributed by atoms with Gasteiger partial charge in [-0.15, -0.1) is 0 Å². The van der Waals surface area contributed by atoms with Crippen LogP contribution in [-0.2, 0) is 17.9 Å². The van der Waals surface area contributed by atoms with E-state index in [0.717, 1.165) is 42.3 Å². The Morgan fingerprint density at radius 3 is 2.53 bits per heavy atom. The summed E-state index contributed by atoms with van der Waals surface area (Å²) < 4.78 is 5.84. The number of ether oxygens (including phenoxy) is 1. The van der Waals surface area contributed by atoms with Crippen LogP contribution >= 0.6 is 0 Å². The number of guanidine groups is 1. The highest BCUT2D eigenvalue weighted by Crippen LogP contribution is 2.15. The highest BCUT2D eigenvalue weighted by Gasteiger charge is 2.27. The molecular formula is C24H32N4O2. The van der Waals surface area contributed by atoms with Crippen molar-refractivity contribution >= 4 is 11.9 Å². The van der Waals surface area contributed by atoms with Crippen LogP contribution < -0.4 is 15.4 Å². The van der Waals surface area contributed by atoms with Crippen molar-refractivity contribution in [2.75, 3.05) is 20.1 Å². The van der Waals surface area contributed by atoms with Crippen molar-refractivity contribution in [3.8, 4) is 5.75 Å². The van der Waals surface area contributed by atoms with E-state index in [4.69, 9.17) is 4.74 Å². The van der Waals surface area contributed by atoms with Gasteiger partial charge in [0.05, 0.1) is 0 Å². The fraction of sp³-hybridized carbons (Fsp3) is 0.417. The Bertz CT molecular complexity index is 834. The molecule has 2 aromatic rings. The molecular weight excluding hydrogens is 376 g/mol. The summed E-state index contributed by atoms with van der Waals surface area (Å²) in [6.45, 7) is 6.65. The number of nitrogens with one attached hydrogen (secondary N) is 2. The van der Waals surface area contributed by atoms with Gasteiger partial charge >= 0.3 is 0 Å². The second kappa shape index (κ2) is 10.7. The van der Waals surface area contributed by atoms with E-state index < -0.39 is 0 Å². The standard InChI is InChI=1S/C24H32N4O2/c1-18(2)23(29)28-14-13-21(16-28)27-24(25-3)26-15-19-9-11-22(12-10-19)30-17-20-7-5-4-6-8-20/h4-12,18,21H,13-17H2,1-3H3,(H2,25,26,27). The molecule has 0 aromatic heterocycles. The number of carbonyl (C=O) groups excluding carboxylic acids is 1. The van der Waals surface area contributed by atoms with Crippen molar-refractivity contribution in [2.24, 2.45) is 10.9 Å². The second-order valence-electron chi connectivity index (χ2n) is 7.91. The lowest BCUT2D eigenvalue weighted by atomic mass is 10.2. The molecule has 2 N–H and O–H groups in total. The van der Waals surface area contributed by atoms with E-state index in [9.17, 15) is 4.79 Å². The molecule has 0 aliphatic carbocycles. The van der Waals surface area contributed by atoms with Gasteiger partial charge in [-0.25, -0.2) is 0 Å². The third-order valence-corrected chi connectivity index (χ3v) is 5.19. The summed E-state index contributed by atoms with van der Waals surface area (Å²) in [4.78, 5) is 18.4. The van der Waals surface area contributed by atoms with Crippen molar-refractivity contribution in [3.63, 3.8) is 0 Å². The molecule has 1 saturated heterocycles. The monoisotopic (exact) mass is 408 g/mol. The lowest BCUT2D eigenvalue weighted by Gasteiger charge is -2.20. The third-order valence-electron chi connectivity index (χ3n) is 5.19. The molecule has 6 nitrogen and oxygen atoms in total. The Morgan fingerprint density at radius 2 is 1.87 bits per heavy atom. The fourth-order valence-corrected chi connectivity index (χ4v) is 3.46. The number of carbonyl (C=O) groups is 1. The van der Waals surface area contributed by atoms with Gasteiger partial charge in [-0.1, -0.05) is 56.3 Å². The van der Waals surface area contributed by atoms with Gasteiger partial charge in [0.25, 0.3) is 0 Å². The van der Waals surface area contributed by atoms with Gasteiger partial charge in [-0.05, 0) is 29.7 Å². The first kappa shape index (κ1) is 21.7. The maximum absolute atomic E-state index is 12.2. The van der Waals surface area contributed by atoms with E-state index in [1.54, 1.807) is 7.05 Å². The Labute approximate surface area is 179 Å². The van der Waals surface area contributed by atoms with Crippen molar-refractivity contribution in [3.05, 3.63) is 65.7 Å². The predicted octanol–water partition coefficient (Wildman–Crippen LogP) is 3.19. The van der Waals surface area contributed by atoms with Crippen LogP contribution in [0.2, 0.25) is 0 Å². The van der Waals surface area contributed by atoms with Gasteiger partial charge < -0.3 is 20.3 Å². The molecule has 1 atom stereocenters. The van der Waals surface area contributed by atoms with Crippen molar-refractivity contribution in [2.45, 2.75) is 39.5 Å². The lowest BCUT2D eigenvalue weighted by molar-refractivity contribution is -0.133. The Balaban J connectivity index is 1.43. The number of likely N-dealkylation sites (tertiary alicyclic amines) is 1. The van der Waals surface area contributed by atoms with Crippen molar-refractivity contribution in [1.29, 1.82) is 0 Å². The van der Waals surface area contributed by atoms with Crippen LogP contribution in [0.25, 0.3) is 0 Å². The lowest BCUT2D eigenvalue weighted by Crippen LogP contribution is -2.45. The van der Waals surface area contributed by atoms with E-state index in [0.29, 0.717) is 13.2 Å². The summed E-state index contributed by atoms with van der Waals surface area (Å²) in [5.41, 5.74) is 2.30. The third kappa shape index (κ3) is 6.24. The molecule has 0 radical (unpaired) electrons. The minimum Gasteiger partial charge on any atom is -0.489 e. The number of rotatable bonds is 7. The van der Waals surface area contributed by atoms with Crippen LogP contribution in [0.3, 0.4) is 0 Å². The molecule has 30 heavy (non-hydrogen) atoms. The van der Waals surface area contributed by atoms with E-state index in [1.807, 2.05) is 49.1 Å². The minimum absolute atomic E-state index is 0.0424. The highest BCUT2D eigenvalue weighted by atomic mass is 16.5. The smallest absolute Gasteiger partial charge is 0.225 e. The topological polar surface area (TPSA) is 66.0 Å². The van der Waals surface area contributed by atoms with E-state index in [-0.39, 0.29) is 17.9 Å². The molecule has 0 bridgehead atoms. The zero-order valence-corrected chi connectivity index (χ0v) is 18.1. The number of benzene rings is 2. The predicted molar refractivity (Wildman–Crippen MR) is 120 cm³/mol. The molecule has 1 fully saturated rings. The van der Waals surface area contributed by atoms with E-state index >= 15 is 0 Å². The van der Waals surface area contributed by atoms with Crippen LogP contribution in [0.4, 0.5) is 0 Å². The first-order valence-corrected chi connectivity index (χ1v) is 10.6. The maximum atomic E-state index is 12.2. The van der Waals surface area contributed by atoms with E-state index in [1.165, 1.54) is 0 Å². The van der Waals surface area contributed by atoms with Crippen molar-refractivity contribution < 1.29 is 9.53 Å². The fourth-order valence-electron chi connectivity index (χ4n) is 3.46. The van der Waals surface area contributed by atoms with Gasteiger partial charge in [-0.2, -0.15) is 0 Å². The summed E-state index contributed by atoms with van der Waals surface area (Å²) in [5, 5.41) is 6.78. The number of nitrogens with zero attached hydrogens (tertiary/aromatic N) is 2. The van der Waals surface area contributed by atoms with Crippen LogP contribution in [0.5, 0.6) is 5.75 Å². The quantitative estimate of drug-likeness (QED) is 0.546. The zero-order chi connectivity index (χ0) is 21.3. The van der Waals surface area contributed by atoms with Gasteiger partial charge in [-0.3, -0.25) is 9.79 Å². The highest BCUT2D eigenvalue weighted by molar-refractivity contribution is 5.81. The van der Waals surface area contributed by atoms with E-state index in [2.05, 4.69) is 39.9 Å². The van der Waals surface area contributed by atoms with Crippen LogP contribution in [-0.4, -0.2) is 42.9 Å². The SMILES string of the molecule is CN=C(NCc1ccc(OCc2ccccc2)cc1)NC1CCN(C(=O)C(C)C)C1. The average Bonchev–Trinajstić information content (AvgIpc) is 3.24. The second-order valence-corrected chi connectivity index (χ2v) is 7.91. The molecule has 1 aliphatic rings. The molecule has 160 valence electrons. The molecule has 6 heteroatoms. The molecule has 1 aliphatic heterocycles.